The molecule has 2 heterocycles. The third-order valence-electron chi connectivity index (χ3n) is 2.40. The van der Waals surface area contributed by atoms with Gasteiger partial charge in [-0.15, -0.1) is 0 Å². The zero-order valence-electron chi connectivity index (χ0n) is 10.8. The normalized spacial score (nSPS) is 11.8. The molecule has 4 nitrogen and oxygen atoms in total. The van der Waals surface area contributed by atoms with Crippen molar-refractivity contribution in [1.29, 1.82) is 0 Å². The lowest BCUT2D eigenvalue weighted by atomic mass is 10.2. The number of nitrogens with zero attached hydrogens (tertiary/aromatic N) is 2. The topological polar surface area (TPSA) is 44.1 Å². The summed E-state index contributed by atoms with van der Waals surface area (Å²) < 4.78 is 7.61. The molecule has 2 aromatic rings. The van der Waals surface area contributed by atoms with Crippen LogP contribution in [0.4, 0.5) is 4.79 Å². The molecule has 5 heteroatoms. The Kier molecular flexibility index (Phi) is 3.19. The SMILES string of the molecule is Cc1nc(Br)cc2ccn(C(=O)OC(C)(C)C)c12. The van der Waals surface area contributed by atoms with Crippen LogP contribution in [0.5, 0.6) is 0 Å². The van der Waals surface area contributed by atoms with Crippen LogP contribution in [0, 0.1) is 6.92 Å². The Balaban J connectivity index is 2.50. The van der Waals surface area contributed by atoms with Gasteiger partial charge in [0, 0.05) is 11.6 Å². The molecule has 0 aromatic carbocycles. The molecule has 0 amide bonds. The molecule has 0 atom stereocenters. The predicted molar refractivity (Wildman–Crippen MR) is 73.8 cm³/mol. The number of ether oxygens (including phenoxy) is 1. The van der Waals surface area contributed by atoms with Crippen molar-refractivity contribution in [2.45, 2.75) is 33.3 Å². The summed E-state index contributed by atoms with van der Waals surface area (Å²) in [7, 11) is 0. The van der Waals surface area contributed by atoms with Crippen molar-refractivity contribution in [3.63, 3.8) is 0 Å². The maximum Gasteiger partial charge on any atom is 0.419 e. The van der Waals surface area contributed by atoms with E-state index >= 15 is 0 Å². The number of aromatic nitrogens is 2. The monoisotopic (exact) mass is 310 g/mol. The predicted octanol–water partition coefficient (Wildman–Crippen LogP) is 3.89. The minimum absolute atomic E-state index is 0.385. The largest absolute Gasteiger partial charge is 0.443 e. The highest BCUT2D eigenvalue weighted by molar-refractivity contribution is 9.10. The molecule has 0 aliphatic carbocycles. The molecule has 96 valence electrons. The van der Waals surface area contributed by atoms with E-state index < -0.39 is 5.60 Å². The minimum atomic E-state index is -0.510. The zero-order valence-corrected chi connectivity index (χ0v) is 12.4. The van der Waals surface area contributed by atoms with E-state index in [0.717, 1.165) is 21.2 Å². The Bertz CT molecular complexity index is 611. The summed E-state index contributed by atoms with van der Waals surface area (Å²) in [6.45, 7) is 7.41. The van der Waals surface area contributed by atoms with Crippen LogP contribution < -0.4 is 0 Å². The summed E-state index contributed by atoms with van der Waals surface area (Å²) in [5.74, 6) is 0. The van der Waals surface area contributed by atoms with Gasteiger partial charge in [0.15, 0.2) is 0 Å². The maximum absolute atomic E-state index is 12.1. The number of halogens is 1. The number of aryl methyl sites for hydroxylation is 1. The van der Waals surface area contributed by atoms with E-state index in [4.69, 9.17) is 4.74 Å². The third kappa shape index (κ3) is 2.56. The standard InChI is InChI=1S/C13H15BrN2O2/c1-8-11-9(7-10(14)15-8)5-6-16(11)12(17)18-13(2,3)4/h5-7H,1-4H3. The highest BCUT2D eigenvalue weighted by Crippen LogP contribution is 2.23. The molecule has 0 radical (unpaired) electrons. The highest BCUT2D eigenvalue weighted by Gasteiger charge is 2.20. The number of hydrogen-bond acceptors (Lipinski definition) is 3. The van der Waals surface area contributed by atoms with Crippen LogP contribution in [0.1, 0.15) is 26.5 Å². The van der Waals surface area contributed by atoms with E-state index in [1.807, 2.05) is 39.8 Å². The Morgan fingerprint density at radius 3 is 2.72 bits per heavy atom. The van der Waals surface area contributed by atoms with E-state index in [1.54, 1.807) is 6.20 Å². The summed E-state index contributed by atoms with van der Waals surface area (Å²) in [4.78, 5) is 16.4. The van der Waals surface area contributed by atoms with Crippen LogP contribution in [0.25, 0.3) is 10.9 Å². The van der Waals surface area contributed by atoms with Gasteiger partial charge in [-0.1, -0.05) is 0 Å². The van der Waals surface area contributed by atoms with Crippen molar-refractivity contribution in [1.82, 2.24) is 9.55 Å². The van der Waals surface area contributed by atoms with Gasteiger partial charge in [0.2, 0.25) is 0 Å². The van der Waals surface area contributed by atoms with Crippen molar-refractivity contribution in [2.24, 2.45) is 0 Å². The van der Waals surface area contributed by atoms with Gasteiger partial charge >= 0.3 is 6.09 Å². The van der Waals surface area contributed by atoms with Crippen LogP contribution in [-0.4, -0.2) is 21.2 Å². The second-order valence-electron chi connectivity index (χ2n) is 5.13. The van der Waals surface area contributed by atoms with Crippen LogP contribution in [0.15, 0.2) is 22.9 Å². The second-order valence-corrected chi connectivity index (χ2v) is 5.95. The van der Waals surface area contributed by atoms with Gasteiger partial charge in [0.05, 0.1) is 11.2 Å². The average Bonchev–Trinajstić information content (AvgIpc) is 2.58. The fraction of sp³-hybridized carbons (Fsp3) is 0.385. The summed E-state index contributed by atoms with van der Waals surface area (Å²) in [5.41, 5.74) is 1.06. The number of carbonyl (C=O) groups is 1. The molecule has 0 spiro atoms. The lowest BCUT2D eigenvalue weighted by molar-refractivity contribution is 0.0544. The average molecular weight is 311 g/mol. The van der Waals surface area contributed by atoms with Gasteiger partial charge in [-0.25, -0.2) is 9.78 Å². The molecule has 18 heavy (non-hydrogen) atoms. The van der Waals surface area contributed by atoms with Gasteiger partial charge in [-0.05, 0) is 55.8 Å². The number of fused-ring (bicyclic) bond motifs is 1. The lowest BCUT2D eigenvalue weighted by Gasteiger charge is -2.20. The van der Waals surface area contributed by atoms with E-state index in [2.05, 4.69) is 20.9 Å². The van der Waals surface area contributed by atoms with Gasteiger partial charge < -0.3 is 4.74 Å². The van der Waals surface area contributed by atoms with Crippen molar-refractivity contribution in [3.8, 4) is 0 Å². The molecule has 0 bridgehead atoms. The van der Waals surface area contributed by atoms with Crippen LogP contribution >= 0.6 is 15.9 Å². The molecule has 0 N–H and O–H groups in total. The van der Waals surface area contributed by atoms with Gasteiger partial charge in [0.25, 0.3) is 0 Å². The quantitative estimate of drug-likeness (QED) is 0.693. The van der Waals surface area contributed by atoms with Crippen molar-refractivity contribution >= 4 is 32.9 Å². The summed E-state index contributed by atoms with van der Waals surface area (Å²) in [5, 5.41) is 0.959. The zero-order chi connectivity index (χ0) is 13.5. The van der Waals surface area contributed by atoms with Crippen LogP contribution in [0.3, 0.4) is 0 Å². The molecule has 0 aliphatic rings. The first kappa shape index (κ1) is 13.1. The van der Waals surface area contributed by atoms with Crippen molar-refractivity contribution in [3.05, 3.63) is 28.6 Å². The fourth-order valence-corrected chi connectivity index (χ4v) is 2.30. The first-order valence-electron chi connectivity index (χ1n) is 5.65. The Labute approximate surface area is 114 Å². The van der Waals surface area contributed by atoms with Crippen molar-refractivity contribution < 1.29 is 9.53 Å². The van der Waals surface area contributed by atoms with Crippen LogP contribution in [0.2, 0.25) is 0 Å². The van der Waals surface area contributed by atoms with E-state index in [-0.39, 0.29) is 6.09 Å². The van der Waals surface area contributed by atoms with Gasteiger partial charge in [0.1, 0.15) is 10.2 Å². The second kappa shape index (κ2) is 4.39. The maximum atomic E-state index is 12.1. The van der Waals surface area contributed by atoms with Crippen LogP contribution in [-0.2, 0) is 4.74 Å². The smallest absolute Gasteiger partial charge is 0.419 e. The summed E-state index contributed by atoms with van der Waals surface area (Å²) in [6.07, 6.45) is 1.32. The number of carbonyl (C=O) groups excluding carboxylic acids is 1. The number of pyridine rings is 1. The third-order valence-corrected chi connectivity index (χ3v) is 2.81. The first-order chi connectivity index (χ1) is 8.28. The summed E-state index contributed by atoms with van der Waals surface area (Å²) in [6, 6.07) is 3.75. The molecular formula is C13H15BrN2O2. The fourth-order valence-electron chi connectivity index (χ4n) is 1.78. The van der Waals surface area contributed by atoms with E-state index in [1.165, 1.54) is 4.57 Å². The van der Waals surface area contributed by atoms with E-state index in [9.17, 15) is 4.79 Å². The molecular weight excluding hydrogens is 296 g/mol. The number of hydrogen-bond donors (Lipinski definition) is 0. The minimum Gasteiger partial charge on any atom is -0.443 e. The lowest BCUT2D eigenvalue weighted by Crippen LogP contribution is -2.26. The molecule has 0 fully saturated rings. The number of rotatable bonds is 0. The summed E-state index contributed by atoms with van der Waals surface area (Å²) >= 11 is 3.34. The van der Waals surface area contributed by atoms with E-state index in [0.29, 0.717) is 0 Å². The molecule has 2 rings (SSSR count). The molecule has 0 unspecified atom stereocenters. The van der Waals surface area contributed by atoms with Gasteiger partial charge in [-0.2, -0.15) is 0 Å². The van der Waals surface area contributed by atoms with Crippen molar-refractivity contribution in [2.75, 3.05) is 0 Å². The Morgan fingerprint density at radius 2 is 2.11 bits per heavy atom. The Hall–Kier alpha value is -1.36. The Morgan fingerprint density at radius 1 is 1.44 bits per heavy atom. The molecule has 0 saturated heterocycles. The first-order valence-corrected chi connectivity index (χ1v) is 6.45. The molecule has 0 saturated carbocycles. The molecule has 0 aliphatic heterocycles. The van der Waals surface area contributed by atoms with Gasteiger partial charge in [-0.3, -0.25) is 4.57 Å². The highest BCUT2D eigenvalue weighted by atomic mass is 79.9. The molecule has 2 aromatic heterocycles.